The van der Waals surface area contributed by atoms with Crippen molar-refractivity contribution in [1.82, 2.24) is 4.90 Å². The molecule has 0 unspecified atom stereocenters. The minimum Gasteiger partial charge on any atom is -0.343 e. The SMILES string of the molecule is Cc1ccc(C(=O)CCC(=O)N2CCCCC2)cc1C. The summed E-state index contributed by atoms with van der Waals surface area (Å²) in [5.74, 6) is 0.195. The number of rotatable bonds is 4. The molecule has 1 aliphatic rings. The predicted molar refractivity (Wildman–Crippen MR) is 79.9 cm³/mol. The van der Waals surface area contributed by atoms with Crippen LogP contribution in [-0.4, -0.2) is 29.7 Å². The summed E-state index contributed by atoms with van der Waals surface area (Å²) in [4.78, 5) is 26.1. The van der Waals surface area contributed by atoms with Crippen molar-refractivity contribution >= 4 is 11.7 Å². The minimum atomic E-state index is 0.0680. The molecule has 3 nitrogen and oxygen atoms in total. The van der Waals surface area contributed by atoms with E-state index in [2.05, 4.69) is 0 Å². The average molecular weight is 273 g/mol. The molecule has 1 aromatic carbocycles. The highest BCUT2D eigenvalue weighted by Gasteiger charge is 2.17. The second-order valence-electron chi connectivity index (χ2n) is 5.66. The van der Waals surface area contributed by atoms with Gasteiger partial charge in [0.1, 0.15) is 0 Å². The molecule has 1 fully saturated rings. The average Bonchev–Trinajstić information content (AvgIpc) is 2.48. The number of ketones is 1. The van der Waals surface area contributed by atoms with Crippen LogP contribution in [0.5, 0.6) is 0 Å². The first-order valence-electron chi connectivity index (χ1n) is 7.46. The Hall–Kier alpha value is -1.64. The molecule has 3 heteroatoms. The van der Waals surface area contributed by atoms with E-state index in [0.717, 1.165) is 37.1 Å². The first kappa shape index (κ1) is 14.8. The maximum Gasteiger partial charge on any atom is 0.223 e. The third kappa shape index (κ3) is 3.69. The van der Waals surface area contributed by atoms with Crippen molar-refractivity contribution < 1.29 is 9.59 Å². The van der Waals surface area contributed by atoms with Crippen LogP contribution in [0.15, 0.2) is 18.2 Å². The topological polar surface area (TPSA) is 37.4 Å². The van der Waals surface area contributed by atoms with Crippen molar-refractivity contribution in [2.24, 2.45) is 0 Å². The third-order valence-electron chi connectivity index (χ3n) is 4.10. The van der Waals surface area contributed by atoms with Gasteiger partial charge in [-0.25, -0.2) is 0 Å². The Labute approximate surface area is 121 Å². The Morgan fingerprint density at radius 3 is 2.35 bits per heavy atom. The van der Waals surface area contributed by atoms with Crippen molar-refractivity contribution in [2.45, 2.75) is 46.0 Å². The van der Waals surface area contributed by atoms with E-state index >= 15 is 0 Å². The summed E-state index contributed by atoms with van der Waals surface area (Å²) in [5, 5.41) is 0. The van der Waals surface area contributed by atoms with E-state index in [1.807, 2.05) is 36.9 Å². The smallest absolute Gasteiger partial charge is 0.223 e. The largest absolute Gasteiger partial charge is 0.343 e. The normalized spacial score (nSPS) is 15.2. The molecule has 1 saturated heterocycles. The Balaban J connectivity index is 1.88. The van der Waals surface area contributed by atoms with Gasteiger partial charge in [-0.1, -0.05) is 12.1 Å². The molecule has 20 heavy (non-hydrogen) atoms. The van der Waals surface area contributed by atoms with E-state index in [-0.39, 0.29) is 11.7 Å². The fourth-order valence-corrected chi connectivity index (χ4v) is 2.58. The molecular weight excluding hydrogens is 250 g/mol. The van der Waals surface area contributed by atoms with Crippen LogP contribution in [0.1, 0.15) is 53.6 Å². The molecule has 0 aromatic heterocycles. The minimum absolute atomic E-state index is 0.0680. The lowest BCUT2D eigenvalue weighted by molar-refractivity contribution is -0.132. The summed E-state index contributed by atoms with van der Waals surface area (Å²) in [7, 11) is 0. The number of hydrogen-bond donors (Lipinski definition) is 0. The lowest BCUT2D eigenvalue weighted by Crippen LogP contribution is -2.35. The molecule has 1 heterocycles. The van der Waals surface area contributed by atoms with Gasteiger partial charge in [0.15, 0.2) is 5.78 Å². The zero-order chi connectivity index (χ0) is 14.5. The maximum absolute atomic E-state index is 12.1. The van der Waals surface area contributed by atoms with Gasteiger partial charge in [-0.3, -0.25) is 9.59 Å². The molecule has 0 atom stereocenters. The van der Waals surface area contributed by atoms with Crippen molar-refractivity contribution in [3.63, 3.8) is 0 Å². The monoisotopic (exact) mass is 273 g/mol. The number of carbonyl (C=O) groups is 2. The molecule has 108 valence electrons. The predicted octanol–water partition coefficient (Wildman–Crippen LogP) is 3.28. The Morgan fingerprint density at radius 2 is 1.70 bits per heavy atom. The molecule has 1 aromatic rings. The summed E-state index contributed by atoms with van der Waals surface area (Å²) in [5.41, 5.74) is 3.03. The zero-order valence-electron chi connectivity index (χ0n) is 12.4. The van der Waals surface area contributed by atoms with E-state index in [1.165, 1.54) is 12.0 Å². The van der Waals surface area contributed by atoms with E-state index in [4.69, 9.17) is 0 Å². The van der Waals surface area contributed by atoms with E-state index in [1.54, 1.807) is 0 Å². The van der Waals surface area contributed by atoms with Crippen LogP contribution < -0.4 is 0 Å². The molecule has 0 aliphatic carbocycles. The molecule has 1 amide bonds. The number of carbonyl (C=O) groups excluding carboxylic acids is 2. The summed E-state index contributed by atoms with van der Waals surface area (Å²) in [6.07, 6.45) is 4.06. The van der Waals surface area contributed by atoms with E-state index in [9.17, 15) is 9.59 Å². The highest BCUT2D eigenvalue weighted by atomic mass is 16.2. The van der Waals surface area contributed by atoms with Gasteiger partial charge in [-0.15, -0.1) is 0 Å². The summed E-state index contributed by atoms with van der Waals surface area (Å²) < 4.78 is 0. The van der Waals surface area contributed by atoms with Gasteiger partial charge in [-0.2, -0.15) is 0 Å². The highest BCUT2D eigenvalue weighted by molar-refractivity contribution is 5.98. The number of amides is 1. The van der Waals surface area contributed by atoms with Crippen molar-refractivity contribution in [3.8, 4) is 0 Å². The first-order valence-corrected chi connectivity index (χ1v) is 7.46. The zero-order valence-corrected chi connectivity index (χ0v) is 12.4. The van der Waals surface area contributed by atoms with E-state index < -0.39 is 0 Å². The van der Waals surface area contributed by atoms with Gasteiger partial charge in [-0.05, 0) is 50.3 Å². The van der Waals surface area contributed by atoms with E-state index in [0.29, 0.717) is 12.8 Å². The molecule has 1 aliphatic heterocycles. The molecule has 0 bridgehead atoms. The summed E-state index contributed by atoms with van der Waals surface area (Å²) >= 11 is 0. The number of piperidine rings is 1. The van der Waals surface area contributed by atoms with Crippen LogP contribution in [0.2, 0.25) is 0 Å². The Kier molecular flexibility index (Phi) is 4.94. The second kappa shape index (κ2) is 6.69. The van der Waals surface area contributed by atoms with Crippen LogP contribution >= 0.6 is 0 Å². The molecule has 0 spiro atoms. The van der Waals surface area contributed by atoms with Crippen LogP contribution in [-0.2, 0) is 4.79 Å². The van der Waals surface area contributed by atoms with Crippen LogP contribution in [0.4, 0.5) is 0 Å². The lowest BCUT2D eigenvalue weighted by atomic mass is 10.0. The number of aryl methyl sites for hydroxylation is 2. The van der Waals surface area contributed by atoms with Gasteiger partial charge in [0.2, 0.25) is 5.91 Å². The standard InChI is InChI=1S/C17H23NO2/c1-13-6-7-15(12-14(13)2)16(19)8-9-17(20)18-10-4-3-5-11-18/h6-7,12H,3-5,8-11H2,1-2H3. The number of nitrogens with zero attached hydrogens (tertiary/aromatic N) is 1. The van der Waals surface area contributed by atoms with Gasteiger partial charge in [0.05, 0.1) is 0 Å². The second-order valence-corrected chi connectivity index (χ2v) is 5.66. The fraction of sp³-hybridized carbons (Fsp3) is 0.529. The Morgan fingerprint density at radius 1 is 1.00 bits per heavy atom. The molecular formula is C17H23NO2. The first-order chi connectivity index (χ1) is 9.58. The molecule has 0 N–H and O–H groups in total. The number of hydrogen-bond acceptors (Lipinski definition) is 2. The maximum atomic E-state index is 12.1. The number of likely N-dealkylation sites (tertiary alicyclic amines) is 1. The summed E-state index contributed by atoms with van der Waals surface area (Å²) in [6.45, 7) is 5.75. The highest BCUT2D eigenvalue weighted by Crippen LogP contribution is 2.14. The third-order valence-corrected chi connectivity index (χ3v) is 4.10. The van der Waals surface area contributed by atoms with Gasteiger partial charge in [0, 0.05) is 31.5 Å². The van der Waals surface area contributed by atoms with Crippen molar-refractivity contribution in [2.75, 3.05) is 13.1 Å². The Bertz CT molecular complexity index is 502. The number of benzene rings is 1. The van der Waals surface area contributed by atoms with Crippen LogP contribution in [0.25, 0.3) is 0 Å². The van der Waals surface area contributed by atoms with Crippen LogP contribution in [0, 0.1) is 13.8 Å². The molecule has 0 radical (unpaired) electrons. The molecule has 2 rings (SSSR count). The van der Waals surface area contributed by atoms with Crippen LogP contribution in [0.3, 0.4) is 0 Å². The fourth-order valence-electron chi connectivity index (χ4n) is 2.58. The van der Waals surface area contributed by atoms with Gasteiger partial charge in [0.25, 0.3) is 0 Å². The van der Waals surface area contributed by atoms with Crippen molar-refractivity contribution in [1.29, 1.82) is 0 Å². The van der Waals surface area contributed by atoms with Gasteiger partial charge < -0.3 is 4.90 Å². The lowest BCUT2D eigenvalue weighted by Gasteiger charge is -2.26. The molecule has 0 saturated carbocycles. The van der Waals surface area contributed by atoms with Gasteiger partial charge >= 0.3 is 0 Å². The summed E-state index contributed by atoms with van der Waals surface area (Å²) in [6, 6.07) is 5.74. The number of Topliss-reactive ketones (excluding diaryl/α,β-unsaturated/α-hetero) is 1. The van der Waals surface area contributed by atoms with Crippen molar-refractivity contribution in [3.05, 3.63) is 34.9 Å². The quantitative estimate of drug-likeness (QED) is 0.789.